The Morgan fingerprint density at radius 3 is 2.40 bits per heavy atom. The van der Waals surface area contributed by atoms with Crippen LogP contribution in [0.4, 0.5) is 0 Å². The minimum Gasteiger partial charge on any atom is -0.460 e. The summed E-state index contributed by atoms with van der Waals surface area (Å²) in [5.41, 5.74) is 8.12. The van der Waals surface area contributed by atoms with Crippen molar-refractivity contribution in [3.05, 3.63) is 77.0 Å². The summed E-state index contributed by atoms with van der Waals surface area (Å²) in [4.78, 5) is 5.32. The van der Waals surface area contributed by atoms with Crippen LogP contribution < -0.4 is 0 Å². The van der Waals surface area contributed by atoms with E-state index in [-0.39, 0.29) is 5.41 Å². The molecule has 1 aliphatic rings. The highest BCUT2D eigenvalue weighted by Gasteiger charge is 2.24. The van der Waals surface area contributed by atoms with Gasteiger partial charge in [-0.05, 0) is 83.8 Å². The molecule has 178 valence electrons. The van der Waals surface area contributed by atoms with E-state index in [0.717, 1.165) is 33.3 Å². The van der Waals surface area contributed by atoms with Crippen LogP contribution in [-0.2, 0) is 5.41 Å². The molecule has 0 bridgehead atoms. The fourth-order valence-corrected chi connectivity index (χ4v) is 6.16. The van der Waals surface area contributed by atoms with Crippen molar-refractivity contribution < 1.29 is 4.42 Å². The number of hydrogen-bond donors (Lipinski definition) is 0. The number of furan rings is 1. The molecule has 3 aromatic carbocycles. The Kier molecular flexibility index (Phi) is 5.25. The van der Waals surface area contributed by atoms with E-state index in [1.807, 2.05) is 0 Å². The zero-order valence-corrected chi connectivity index (χ0v) is 21.7. The maximum Gasteiger partial charge on any atom is 0.146 e. The highest BCUT2D eigenvalue weighted by atomic mass is 16.3. The highest BCUT2D eigenvalue weighted by molar-refractivity contribution is 6.10. The zero-order chi connectivity index (χ0) is 24.3. The second-order valence-electron chi connectivity index (χ2n) is 11.7. The summed E-state index contributed by atoms with van der Waals surface area (Å²) >= 11 is 0. The maximum atomic E-state index is 6.75. The predicted molar refractivity (Wildman–Crippen MR) is 148 cm³/mol. The lowest BCUT2D eigenvalue weighted by molar-refractivity contribution is 0.385. The summed E-state index contributed by atoms with van der Waals surface area (Å²) in [6, 6.07) is 20.2. The van der Waals surface area contributed by atoms with Crippen LogP contribution in [0.5, 0.6) is 0 Å². The lowest BCUT2D eigenvalue weighted by atomic mass is 9.82. The van der Waals surface area contributed by atoms with Gasteiger partial charge in [-0.3, -0.25) is 0 Å². The second kappa shape index (κ2) is 8.22. The van der Waals surface area contributed by atoms with E-state index < -0.39 is 0 Å². The molecule has 2 aromatic heterocycles. The normalized spacial score (nSPS) is 15.5. The Morgan fingerprint density at radius 2 is 1.63 bits per heavy atom. The van der Waals surface area contributed by atoms with Gasteiger partial charge in [0.2, 0.25) is 0 Å². The first-order valence-corrected chi connectivity index (χ1v) is 13.2. The molecular formula is C33H35NO. The molecule has 0 spiro atoms. The van der Waals surface area contributed by atoms with Crippen LogP contribution in [0.2, 0.25) is 0 Å². The molecule has 1 fully saturated rings. The standard InChI is InChI=1S/C33H35NO/c1-20-15-21(2)30-28(16-20)34-31(26-19-29(35-32(26)30)22-11-7-6-8-12-22)24-17-23-13-9-10-14-25(23)27(18-24)33(3,4)5/h9-10,13-19,22H,6-8,11-12H2,1-5H3. The van der Waals surface area contributed by atoms with Crippen molar-refractivity contribution in [2.75, 3.05) is 0 Å². The number of benzene rings is 3. The largest absolute Gasteiger partial charge is 0.460 e. The average molecular weight is 462 g/mol. The van der Waals surface area contributed by atoms with Crippen molar-refractivity contribution in [2.24, 2.45) is 0 Å². The van der Waals surface area contributed by atoms with Gasteiger partial charge in [-0.1, -0.05) is 70.4 Å². The van der Waals surface area contributed by atoms with Gasteiger partial charge in [0, 0.05) is 22.3 Å². The van der Waals surface area contributed by atoms with Gasteiger partial charge in [-0.25, -0.2) is 4.98 Å². The summed E-state index contributed by atoms with van der Waals surface area (Å²) in [5.74, 6) is 1.67. The van der Waals surface area contributed by atoms with Crippen molar-refractivity contribution in [1.29, 1.82) is 0 Å². The van der Waals surface area contributed by atoms with Gasteiger partial charge in [-0.15, -0.1) is 0 Å². The molecule has 6 rings (SSSR count). The minimum atomic E-state index is 0.0302. The van der Waals surface area contributed by atoms with Crippen LogP contribution in [0.1, 0.15) is 81.2 Å². The van der Waals surface area contributed by atoms with Gasteiger partial charge in [-0.2, -0.15) is 0 Å². The van der Waals surface area contributed by atoms with Gasteiger partial charge in [0.1, 0.15) is 11.3 Å². The van der Waals surface area contributed by atoms with Crippen molar-refractivity contribution in [3.8, 4) is 11.3 Å². The highest BCUT2D eigenvalue weighted by Crippen LogP contribution is 2.43. The minimum absolute atomic E-state index is 0.0302. The Morgan fingerprint density at radius 1 is 0.857 bits per heavy atom. The first-order chi connectivity index (χ1) is 16.8. The molecule has 35 heavy (non-hydrogen) atoms. The van der Waals surface area contributed by atoms with Crippen molar-refractivity contribution in [2.45, 2.75) is 78.1 Å². The van der Waals surface area contributed by atoms with E-state index in [0.29, 0.717) is 5.92 Å². The van der Waals surface area contributed by atoms with E-state index in [4.69, 9.17) is 9.40 Å². The van der Waals surface area contributed by atoms with Crippen LogP contribution in [0.25, 0.3) is 43.9 Å². The van der Waals surface area contributed by atoms with Gasteiger partial charge >= 0.3 is 0 Å². The molecule has 2 heterocycles. The molecule has 0 aliphatic heterocycles. The number of pyridine rings is 1. The third-order valence-corrected chi connectivity index (χ3v) is 7.88. The van der Waals surface area contributed by atoms with Crippen LogP contribution in [-0.4, -0.2) is 4.98 Å². The van der Waals surface area contributed by atoms with Crippen molar-refractivity contribution in [3.63, 3.8) is 0 Å². The summed E-state index contributed by atoms with van der Waals surface area (Å²) in [6.45, 7) is 11.2. The van der Waals surface area contributed by atoms with Gasteiger partial charge in [0.15, 0.2) is 0 Å². The third-order valence-electron chi connectivity index (χ3n) is 7.88. The molecule has 0 unspecified atom stereocenters. The van der Waals surface area contributed by atoms with Crippen LogP contribution in [0.15, 0.2) is 59.0 Å². The molecule has 1 saturated carbocycles. The zero-order valence-electron chi connectivity index (χ0n) is 21.7. The first kappa shape index (κ1) is 22.3. The van der Waals surface area contributed by atoms with Gasteiger partial charge in [0.25, 0.3) is 0 Å². The quantitative estimate of drug-likeness (QED) is 0.261. The molecule has 0 amide bonds. The fourth-order valence-electron chi connectivity index (χ4n) is 6.16. The molecule has 2 heteroatoms. The smallest absolute Gasteiger partial charge is 0.146 e. The topological polar surface area (TPSA) is 26.0 Å². The summed E-state index contributed by atoms with van der Waals surface area (Å²) in [5, 5.41) is 4.90. The fraction of sp³-hybridized carbons (Fsp3) is 0.364. The second-order valence-corrected chi connectivity index (χ2v) is 11.7. The van der Waals surface area contributed by atoms with Crippen LogP contribution in [0.3, 0.4) is 0 Å². The van der Waals surface area contributed by atoms with Gasteiger partial charge in [0.05, 0.1) is 11.2 Å². The molecule has 1 aliphatic carbocycles. The molecule has 0 atom stereocenters. The summed E-state index contributed by atoms with van der Waals surface area (Å²) in [6.07, 6.45) is 6.39. The number of rotatable bonds is 2. The maximum absolute atomic E-state index is 6.75. The van der Waals surface area contributed by atoms with Crippen LogP contribution in [0, 0.1) is 13.8 Å². The Bertz CT molecular complexity index is 1570. The van der Waals surface area contributed by atoms with Gasteiger partial charge < -0.3 is 4.42 Å². The number of aromatic nitrogens is 1. The number of aryl methyl sites for hydroxylation is 2. The monoisotopic (exact) mass is 461 g/mol. The van der Waals surface area contributed by atoms with E-state index in [2.05, 4.69) is 89.2 Å². The number of fused-ring (bicyclic) bond motifs is 4. The Labute approximate surface area is 208 Å². The summed E-state index contributed by atoms with van der Waals surface area (Å²) < 4.78 is 6.75. The third kappa shape index (κ3) is 3.84. The summed E-state index contributed by atoms with van der Waals surface area (Å²) in [7, 11) is 0. The molecule has 5 aromatic rings. The van der Waals surface area contributed by atoms with Crippen molar-refractivity contribution >= 4 is 32.6 Å². The van der Waals surface area contributed by atoms with Crippen molar-refractivity contribution in [1.82, 2.24) is 4.98 Å². The van der Waals surface area contributed by atoms with Crippen LogP contribution >= 0.6 is 0 Å². The first-order valence-electron chi connectivity index (χ1n) is 13.2. The molecule has 0 saturated heterocycles. The molecular weight excluding hydrogens is 426 g/mol. The SMILES string of the molecule is Cc1cc(C)c2c(c1)nc(-c1cc(C(C)(C)C)c3ccccc3c1)c1cc(C3CCCCC3)oc12. The number of hydrogen-bond acceptors (Lipinski definition) is 2. The predicted octanol–water partition coefficient (Wildman–Crippen LogP) is 9.76. The average Bonchev–Trinajstić information content (AvgIpc) is 3.27. The molecule has 0 radical (unpaired) electrons. The number of nitrogens with zero attached hydrogens (tertiary/aromatic N) is 1. The molecule has 2 nitrogen and oxygen atoms in total. The van der Waals surface area contributed by atoms with E-state index in [1.54, 1.807) is 0 Å². The van der Waals surface area contributed by atoms with E-state index in [1.165, 1.54) is 65.1 Å². The Hall–Kier alpha value is -3.13. The molecule has 0 N–H and O–H groups in total. The van der Waals surface area contributed by atoms with E-state index in [9.17, 15) is 0 Å². The van der Waals surface area contributed by atoms with E-state index >= 15 is 0 Å². The Balaban J connectivity index is 1.68. The lowest BCUT2D eigenvalue weighted by Gasteiger charge is -2.23. The lowest BCUT2D eigenvalue weighted by Crippen LogP contribution is -2.12.